The fraction of sp³-hybridized carbons (Fsp3) is 0.588. The highest BCUT2D eigenvalue weighted by molar-refractivity contribution is 9.10. The Morgan fingerprint density at radius 2 is 2.05 bits per heavy atom. The number of benzene rings is 1. The van der Waals surface area contributed by atoms with Crippen LogP contribution in [0.2, 0.25) is 0 Å². The van der Waals surface area contributed by atoms with E-state index >= 15 is 0 Å². The van der Waals surface area contributed by atoms with Crippen molar-refractivity contribution in [2.45, 2.75) is 46.1 Å². The lowest BCUT2D eigenvalue weighted by Crippen LogP contribution is -2.35. The molecule has 20 heavy (non-hydrogen) atoms. The lowest BCUT2D eigenvalue weighted by molar-refractivity contribution is -0.131. The van der Waals surface area contributed by atoms with E-state index in [-0.39, 0.29) is 17.1 Å². The fourth-order valence-corrected chi connectivity index (χ4v) is 3.49. The molecule has 3 atom stereocenters. The van der Waals surface area contributed by atoms with E-state index in [9.17, 15) is 9.90 Å². The van der Waals surface area contributed by atoms with Gasteiger partial charge in [-0.3, -0.25) is 4.79 Å². The SMILES string of the molecule is CC(C)(C)[C@H]1CCC(=O)[C@H]([C@@H](O)c2cccc(Br)c2)C1. The summed E-state index contributed by atoms with van der Waals surface area (Å²) in [4.78, 5) is 12.2. The lowest BCUT2D eigenvalue weighted by Gasteiger charge is -2.38. The molecule has 3 heteroatoms. The summed E-state index contributed by atoms with van der Waals surface area (Å²) in [6.07, 6.45) is 1.64. The van der Waals surface area contributed by atoms with Crippen LogP contribution in [-0.2, 0) is 4.79 Å². The molecule has 0 heterocycles. The maximum absolute atomic E-state index is 12.2. The van der Waals surface area contributed by atoms with E-state index in [4.69, 9.17) is 0 Å². The van der Waals surface area contributed by atoms with Crippen LogP contribution in [0.1, 0.15) is 51.7 Å². The highest BCUT2D eigenvalue weighted by atomic mass is 79.9. The molecule has 0 radical (unpaired) electrons. The second-order valence-corrected chi connectivity index (χ2v) is 7.83. The monoisotopic (exact) mass is 338 g/mol. The van der Waals surface area contributed by atoms with Crippen molar-refractivity contribution in [2.24, 2.45) is 17.3 Å². The van der Waals surface area contributed by atoms with Crippen LogP contribution >= 0.6 is 15.9 Å². The van der Waals surface area contributed by atoms with Gasteiger partial charge in [0.15, 0.2) is 0 Å². The zero-order valence-corrected chi connectivity index (χ0v) is 14.0. The van der Waals surface area contributed by atoms with E-state index in [0.29, 0.717) is 12.3 Å². The van der Waals surface area contributed by atoms with Gasteiger partial charge < -0.3 is 5.11 Å². The maximum Gasteiger partial charge on any atom is 0.138 e. The minimum Gasteiger partial charge on any atom is -0.388 e. The van der Waals surface area contributed by atoms with Gasteiger partial charge in [0, 0.05) is 16.8 Å². The van der Waals surface area contributed by atoms with Crippen molar-refractivity contribution in [3.8, 4) is 0 Å². The maximum atomic E-state index is 12.2. The molecule has 0 aromatic heterocycles. The first-order valence-corrected chi connectivity index (χ1v) is 8.04. The number of carbonyl (C=O) groups is 1. The van der Waals surface area contributed by atoms with Crippen LogP contribution in [0.5, 0.6) is 0 Å². The van der Waals surface area contributed by atoms with Gasteiger partial charge in [-0.15, -0.1) is 0 Å². The standard InChI is InChI=1S/C17H23BrO2/c1-17(2,3)12-7-8-15(19)14(10-12)16(20)11-5-4-6-13(18)9-11/h4-6,9,12,14,16,20H,7-8,10H2,1-3H3/t12-,14+,16-/m0/s1. The van der Waals surface area contributed by atoms with Crippen LogP contribution in [0.15, 0.2) is 28.7 Å². The molecule has 2 rings (SSSR count). The van der Waals surface area contributed by atoms with Crippen molar-refractivity contribution in [3.63, 3.8) is 0 Å². The van der Waals surface area contributed by atoms with E-state index < -0.39 is 6.10 Å². The molecular formula is C17H23BrO2. The molecule has 2 nitrogen and oxygen atoms in total. The molecule has 0 unspecified atom stereocenters. The zero-order chi connectivity index (χ0) is 14.9. The first-order valence-electron chi connectivity index (χ1n) is 7.25. The second kappa shape index (κ2) is 5.98. The number of halogens is 1. The van der Waals surface area contributed by atoms with Crippen molar-refractivity contribution < 1.29 is 9.90 Å². The van der Waals surface area contributed by atoms with E-state index in [1.165, 1.54) is 0 Å². The van der Waals surface area contributed by atoms with Gasteiger partial charge in [-0.1, -0.05) is 48.8 Å². The van der Waals surface area contributed by atoms with Gasteiger partial charge in [0.2, 0.25) is 0 Å². The number of hydrogen-bond acceptors (Lipinski definition) is 2. The van der Waals surface area contributed by atoms with Crippen molar-refractivity contribution in [1.29, 1.82) is 0 Å². The Hall–Kier alpha value is -0.670. The molecule has 1 N–H and O–H groups in total. The van der Waals surface area contributed by atoms with E-state index in [0.717, 1.165) is 22.9 Å². The largest absolute Gasteiger partial charge is 0.388 e. The third-order valence-electron chi connectivity index (χ3n) is 4.49. The molecule has 110 valence electrons. The number of carbonyl (C=O) groups excluding carboxylic acids is 1. The molecular weight excluding hydrogens is 316 g/mol. The summed E-state index contributed by atoms with van der Waals surface area (Å²) in [5.74, 6) is 0.437. The van der Waals surface area contributed by atoms with Crippen LogP contribution < -0.4 is 0 Å². The van der Waals surface area contributed by atoms with Gasteiger partial charge in [0.05, 0.1) is 6.10 Å². The van der Waals surface area contributed by atoms with Gasteiger partial charge in [0.25, 0.3) is 0 Å². The highest BCUT2D eigenvalue weighted by Crippen LogP contribution is 2.42. The number of aliphatic hydroxyl groups is 1. The zero-order valence-electron chi connectivity index (χ0n) is 12.4. The van der Waals surface area contributed by atoms with Crippen molar-refractivity contribution in [1.82, 2.24) is 0 Å². The minimum atomic E-state index is -0.690. The lowest BCUT2D eigenvalue weighted by atomic mass is 9.67. The Bertz CT molecular complexity index is 490. The summed E-state index contributed by atoms with van der Waals surface area (Å²) in [6.45, 7) is 6.65. The quantitative estimate of drug-likeness (QED) is 0.860. The first kappa shape index (κ1) is 15.7. The van der Waals surface area contributed by atoms with Gasteiger partial charge in [-0.2, -0.15) is 0 Å². The first-order chi connectivity index (χ1) is 9.29. The summed E-state index contributed by atoms with van der Waals surface area (Å²) in [6, 6.07) is 7.62. The molecule has 1 aliphatic carbocycles. The molecule has 0 saturated heterocycles. The average molecular weight is 339 g/mol. The van der Waals surface area contributed by atoms with Gasteiger partial charge >= 0.3 is 0 Å². The molecule has 0 bridgehead atoms. The Morgan fingerprint density at radius 3 is 2.65 bits per heavy atom. The minimum absolute atomic E-state index is 0.190. The van der Waals surface area contributed by atoms with Crippen LogP contribution in [0, 0.1) is 17.3 Å². The smallest absolute Gasteiger partial charge is 0.138 e. The summed E-state index contributed by atoms with van der Waals surface area (Å²) in [5, 5.41) is 10.6. The van der Waals surface area contributed by atoms with Gasteiger partial charge in [-0.25, -0.2) is 0 Å². The summed E-state index contributed by atoms with van der Waals surface area (Å²) in [5.41, 5.74) is 1.02. The summed E-state index contributed by atoms with van der Waals surface area (Å²) < 4.78 is 0.935. The van der Waals surface area contributed by atoms with Crippen molar-refractivity contribution in [2.75, 3.05) is 0 Å². The molecule has 0 amide bonds. The number of Topliss-reactive ketones (excluding diaryl/α,β-unsaturated/α-hetero) is 1. The molecule has 1 aliphatic rings. The van der Waals surface area contributed by atoms with Crippen LogP contribution in [0.25, 0.3) is 0 Å². The summed E-state index contributed by atoms with van der Waals surface area (Å²) in [7, 11) is 0. The third kappa shape index (κ3) is 3.50. The number of aliphatic hydroxyl groups excluding tert-OH is 1. The molecule has 0 aliphatic heterocycles. The molecule has 0 spiro atoms. The fourth-order valence-electron chi connectivity index (χ4n) is 3.07. The molecule has 1 fully saturated rings. The topological polar surface area (TPSA) is 37.3 Å². The van der Waals surface area contributed by atoms with E-state index in [2.05, 4.69) is 36.7 Å². The second-order valence-electron chi connectivity index (χ2n) is 6.91. The number of hydrogen-bond donors (Lipinski definition) is 1. The normalized spacial score (nSPS) is 25.6. The Kier molecular flexibility index (Phi) is 4.70. The Labute approximate surface area is 129 Å². The Balaban J connectivity index is 2.19. The number of rotatable bonds is 2. The molecule has 1 aromatic carbocycles. The van der Waals surface area contributed by atoms with Gasteiger partial charge in [-0.05, 0) is 41.9 Å². The van der Waals surface area contributed by atoms with Crippen LogP contribution in [0.4, 0.5) is 0 Å². The average Bonchev–Trinajstić information content (AvgIpc) is 2.37. The third-order valence-corrected chi connectivity index (χ3v) is 4.98. The molecule has 1 saturated carbocycles. The summed E-state index contributed by atoms with van der Waals surface area (Å²) >= 11 is 3.42. The highest BCUT2D eigenvalue weighted by Gasteiger charge is 2.38. The van der Waals surface area contributed by atoms with Crippen LogP contribution in [0.3, 0.4) is 0 Å². The van der Waals surface area contributed by atoms with Crippen LogP contribution in [-0.4, -0.2) is 10.9 Å². The number of ketones is 1. The van der Waals surface area contributed by atoms with Crippen molar-refractivity contribution in [3.05, 3.63) is 34.3 Å². The predicted octanol–water partition coefficient (Wildman–Crippen LogP) is 4.51. The van der Waals surface area contributed by atoms with E-state index in [1.54, 1.807) is 0 Å². The van der Waals surface area contributed by atoms with Crippen molar-refractivity contribution >= 4 is 21.7 Å². The van der Waals surface area contributed by atoms with Gasteiger partial charge in [0.1, 0.15) is 5.78 Å². The predicted molar refractivity (Wildman–Crippen MR) is 84.4 cm³/mol. The molecule has 1 aromatic rings. The Morgan fingerprint density at radius 1 is 1.35 bits per heavy atom. The van der Waals surface area contributed by atoms with E-state index in [1.807, 2.05) is 24.3 Å².